The van der Waals surface area contributed by atoms with Crippen LogP contribution < -0.4 is 0 Å². The van der Waals surface area contributed by atoms with Crippen molar-refractivity contribution in [1.29, 1.82) is 0 Å². The van der Waals surface area contributed by atoms with Crippen molar-refractivity contribution in [3.05, 3.63) is 58.9 Å². The lowest BCUT2D eigenvalue weighted by molar-refractivity contribution is 0.116. The minimum absolute atomic E-state index is 0.116. The molecule has 3 heteroatoms. The number of rotatable bonds is 5. The summed E-state index contributed by atoms with van der Waals surface area (Å²) in [4.78, 5) is 0. The van der Waals surface area contributed by atoms with Gasteiger partial charge in [0.05, 0.1) is 5.39 Å². The third-order valence-corrected chi connectivity index (χ3v) is 7.78. The van der Waals surface area contributed by atoms with Crippen molar-refractivity contribution in [2.24, 2.45) is 17.8 Å². The smallest absolute Gasteiger partial charge is 0.169 e. The standard InChI is InChI=1S/C27H33F3/c1-3-5-6-7-22-16-21-12-13-23(26(29)24(21)27(30)25(22)28)20-11-10-18-14-17(4-2)8-9-19(18)15-20/h3,5,12-13,16-20H,4,6-11,14-15H2,1-2H3. The van der Waals surface area contributed by atoms with Crippen LogP contribution in [-0.4, -0.2) is 0 Å². The summed E-state index contributed by atoms with van der Waals surface area (Å²) in [6.07, 6.45) is 13.0. The fourth-order valence-electron chi connectivity index (χ4n) is 5.99. The van der Waals surface area contributed by atoms with Gasteiger partial charge in [-0.15, -0.1) is 0 Å². The van der Waals surface area contributed by atoms with Crippen LogP contribution in [0.4, 0.5) is 13.2 Å². The minimum atomic E-state index is -1.03. The van der Waals surface area contributed by atoms with Gasteiger partial charge < -0.3 is 0 Å². The molecule has 2 fully saturated rings. The van der Waals surface area contributed by atoms with Gasteiger partial charge >= 0.3 is 0 Å². The first-order chi connectivity index (χ1) is 14.5. The fraction of sp³-hybridized carbons (Fsp3) is 0.556. The predicted octanol–water partition coefficient (Wildman–Crippen LogP) is 8.48. The van der Waals surface area contributed by atoms with Crippen molar-refractivity contribution in [1.82, 2.24) is 0 Å². The molecule has 30 heavy (non-hydrogen) atoms. The average molecular weight is 415 g/mol. The normalized spacial score (nSPS) is 27.0. The Labute approximate surface area is 178 Å². The Morgan fingerprint density at radius 2 is 1.70 bits per heavy atom. The van der Waals surface area contributed by atoms with E-state index in [1.54, 1.807) is 12.1 Å². The second-order valence-corrected chi connectivity index (χ2v) is 9.46. The second kappa shape index (κ2) is 9.16. The predicted molar refractivity (Wildman–Crippen MR) is 118 cm³/mol. The van der Waals surface area contributed by atoms with Crippen LogP contribution in [0.25, 0.3) is 10.8 Å². The molecular weight excluding hydrogens is 381 g/mol. The highest BCUT2D eigenvalue weighted by atomic mass is 19.2. The summed E-state index contributed by atoms with van der Waals surface area (Å²) in [5.41, 5.74) is 0.900. The lowest BCUT2D eigenvalue weighted by atomic mass is 9.63. The van der Waals surface area contributed by atoms with Gasteiger partial charge in [0.25, 0.3) is 0 Å². The molecule has 2 aliphatic carbocycles. The van der Waals surface area contributed by atoms with Crippen molar-refractivity contribution in [3.63, 3.8) is 0 Å². The van der Waals surface area contributed by atoms with Crippen LogP contribution in [0, 0.1) is 35.2 Å². The molecule has 0 spiro atoms. The molecule has 162 valence electrons. The number of hydrogen-bond acceptors (Lipinski definition) is 0. The summed E-state index contributed by atoms with van der Waals surface area (Å²) in [7, 11) is 0. The van der Waals surface area contributed by atoms with E-state index in [1.165, 1.54) is 25.7 Å². The summed E-state index contributed by atoms with van der Waals surface area (Å²) in [5, 5.41) is 0.291. The van der Waals surface area contributed by atoms with Crippen LogP contribution in [0.15, 0.2) is 30.4 Å². The molecule has 0 radical (unpaired) electrons. The number of benzene rings is 2. The van der Waals surface area contributed by atoms with Crippen molar-refractivity contribution in [3.8, 4) is 0 Å². The van der Waals surface area contributed by atoms with Gasteiger partial charge in [-0.05, 0) is 98.1 Å². The Bertz CT molecular complexity index is 930. The lowest BCUT2D eigenvalue weighted by Crippen LogP contribution is -2.30. The number of aryl methyl sites for hydroxylation is 1. The Balaban J connectivity index is 1.61. The zero-order valence-electron chi connectivity index (χ0n) is 18.2. The molecule has 0 nitrogen and oxygen atoms in total. The van der Waals surface area contributed by atoms with Gasteiger partial charge in [-0.3, -0.25) is 0 Å². The van der Waals surface area contributed by atoms with Crippen molar-refractivity contribution in [2.75, 3.05) is 0 Å². The van der Waals surface area contributed by atoms with Gasteiger partial charge in [0.2, 0.25) is 0 Å². The molecule has 2 aliphatic rings. The van der Waals surface area contributed by atoms with Crippen molar-refractivity contribution in [2.45, 2.75) is 77.6 Å². The van der Waals surface area contributed by atoms with Gasteiger partial charge in [0.1, 0.15) is 5.82 Å². The van der Waals surface area contributed by atoms with Crippen LogP contribution in [0.1, 0.15) is 82.3 Å². The van der Waals surface area contributed by atoms with E-state index in [0.717, 1.165) is 31.1 Å². The molecule has 4 unspecified atom stereocenters. The van der Waals surface area contributed by atoms with E-state index in [9.17, 15) is 8.78 Å². The first-order valence-electron chi connectivity index (χ1n) is 11.7. The van der Waals surface area contributed by atoms with Crippen molar-refractivity contribution >= 4 is 10.8 Å². The van der Waals surface area contributed by atoms with Gasteiger partial charge in [-0.1, -0.05) is 44.1 Å². The molecule has 0 heterocycles. The third kappa shape index (κ3) is 4.05. The molecule has 4 atom stereocenters. The van der Waals surface area contributed by atoms with Gasteiger partial charge in [-0.2, -0.15) is 0 Å². The first kappa shape index (κ1) is 21.5. The van der Waals surface area contributed by atoms with E-state index in [0.29, 0.717) is 35.3 Å². The van der Waals surface area contributed by atoms with Crippen LogP contribution in [0.3, 0.4) is 0 Å². The van der Waals surface area contributed by atoms with Gasteiger partial charge in [-0.25, -0.2) is 13.2 Å². The van der Waals surface area contributed by atoms with Gasteiger partial charge in [0, 0.05) is 0 Å². The van der Waals surface area contributed by atoms with Gasteiger partial charge in [0.15, 0.2) is 11.6 Å². The summed E-state index contributed by atoms with van der Waals surface area (Å²) < 4.78 is 45.0. The van der Waals surface area contributed by atoms with Crippen LogP contribution >= 0.6 is 0 Å². The summed E-state index contributed by atoms with van der Waals surface area (Å²) in [6, 6.07) is 5.23. The molecule has 4 rings (SSSR count). The molecule has 2 aromatic carbocycles. The van der Waals surface area contributed by atoms with Crippen LogP contribution in [0.2, 0.25) is 0 Å². The first-order valence-corrected chi connectivity index (χ1v) is 11.7. The lowest BCUT2D eigenvalue weighted by Gasteiger charge is -2.42. The number of fused-ring (bicyclic) bond motifs is 2. The summed E-state index contributed by atoms with van der Waals surface area (Å²) in [5.74, 6) is -0.0988. The molecule has 0 bridgehead atoms. The molecule has 2 aromatic rings. The maximum absolute atomic E-state index is 15.5. The van der Waals surface area contributed by atoms with E-state index in [1.807, 2.05) is 25.1 Å². The number of hydrogen-bond donors (Lipinski definition) is 0. The Hall–Kier alpha value is -1.77. The third-order valence-electron chi connectivity index (χ3n) is 7.78. The largest absolute Gasteiger partial charge is 0.206 e. The topological polar surface area (TPSA) is 0 Å². The SMILES string of the molecule is CC=CCCc1cc2ccc(C3CCC4CC(CC)CCC4C3)c(F)c2c(F)c1F. The Kier molecular flexibility index (Phi) is 6.55. The second-order valence-electron chi connectivity index (χ2n) is 9.46. The van der Waals surface area contributed by atoms with Crippen LogP contribution in [-0.2, 0) is 6.42 Å². The van der Waals surface area contributed by atoms with Crippen LogP contribution in [0.5, 0.6) is 0 Å². The minimum Gasteiger partial charge on any atom is -0.206 e. The monoisotopic (exact) mass is 414 g/mol. The van der Waals surface area contributed by atoms with E-state index >= 15 is 4.39 Å². The highest BCUT2D eigenvalue weighted by molar-refractivity contribution is 5.85. The molecule has 0 aliphatic heterocycles. The number of halogens is 3. The maximum atomic E-state index is 15.5. The summed E-state index contributed by atoms with van der Waals surface area (Å²) in [6.45, 7) is 4.18. The quantitative estimate of drug-likeness (QED) is 0.430. The highest BCUT2D eigenvalue weighted by Gasteiger charge is 2.36. The van der Waals surface area contributed by atoms with Crippen molar-refractivity contribution < 1.29 is 13.2 Å². The van der Waals surface area contributed by atoms with E-state index in [4.69, 9.17) is 0 Å². The average Bonchev–Trinajstić information content (AvgIpc) is 2.76. The molecule has 0 N–H and O–H groups in total. The zero-order chi connectivity index (χ0) is 21.3. The molecule has 0 saturated heterocycles. The molecular formula is C27H33F3. The molecule has 2 saturated carbocycles. The molecule has 0 aromatic heterocycles. The summed E-state index contributed by atoms with van der Waals surface area (Å²) >= 11 is 0. The van der Waals surface area contributed by atoms with E-state index in [-0.39, 0.29) is 11.3 Å². The fourth-order valence-corrected chi connectivity index (χ4v) is 5.99. The van der Waals surface area contributed by atoms with E-state index < -0.39 is 17.5 Å². The number of allylic oxidation sites excluding steroid dienone is 2. The Morgan fingerprint density at radius 1 is 0.933 bits per heavy atom. The maximum Gasteiger partial charge on any atom is 0.169 e. The zero-order valence-corrected chi connectivity index (χ0v) is 18.2. The highest BCUT2D eigenvalue weighted by Crippen LogP contribution is 2.49. The van der Waals surface area contributed by atoms with E-state index in [2.05, 4.69) is 6.92 Å². The Morgan fingerprint density at radius 3 is 2.47 bits per heavy atom. The molecule has 0 amide bonds.